The van der Waals surface area contributed by atoms with Crippen molar-refractivity contribution in [1.82, 2.24) is 9.78 Å². The van der Waals surface area contributed by atoms with Gasteiger partial charge in [0.05, 0.1) is 23.3 Å². The van der Waals surface area contributed by atoms with E-state index in [1.54, 1.807) is 35.3 Å². The van der Waals surface area contributed by atoms with Crippen molar-refractivity contribution in [3.63, 3.8) is 0 Å². The van der Waals surface area contributed by atoms with E-state index < -0.39 is 0 Å². The zero-order valence-electron chi connectivity index (χ0n) is 12.6. The summed E-state index contributed by atoms with van der Waals surface area (Å²) in [7, 11) is 1.47. The Labute approximate surface area is 137 Å². The van der Waals surface area contributed by atoms with E-state index in [1.165, 1.54) is 13.2 Å². The van der Waals surface area contributed by atoms with Crippen LogP contribution in [-0.2, 0) is 0 Å². The van der Waals surface area contributed by atoms with Crippen LogP contribution in [0.2, 0.25) is 0 Å². The highest BCUT2D eigenvalue weighted by Crippen LogP contribution is 2.35. The van der Waals surface area contributed by atoms with E-state index in [-0.39, 0.29) is 17.6 Å². The number of nitrogens with zero attached hydrogens (tertiary/aromatic N) is 2. The topological polar surface area (TPSA) is 64.3 Å². The molecule has 0 fully saturated rings. The third-order valence-corrected chi connectivity index (χ3v) is 3.72. The Morgan fingerprint density at radius 2 is 2.18 bits per heavy atom. The number of phenols is 1. The van der Waals surface area contributed by atoms with Gasteiger partial charge in [0, 0.05) is 12.2 Å². The van der Waals surface area contributed by atoms with E-state index in [0.717, 1.165) is 5.56 Å². The van der Waals surface area contributed by atoms with Crippen molar-refractivity contribution in [2.75, 3.05) is 7.11 Å². The Morgan fingerprint density at radius 3 is 2.77 bits per heavy atom. The molecule has 1 aromatic carbocycles. The molecule has 0 aliphatic carbocycles. The number of carbonyl (C=O) groups is 1. The van der Waals surface area contributed by atoms with Crippen LogP contribution in [0.4, 0.5) is 0 Å². The minimum Gasteiger partial charge on any atom is -0.503 e. The largest absolute Gasteiger partial charge is 0.503 e. The number of halogens is 1. The number of aromatic hydroxyl groups is 1. The molecular weight excluding hydrogens is 348 g/mol. The second-order valence-electron chi connectivity index (χ2n) is 5.05. The summed E-state index contributed by atoms with van der Waals surface area (Å²) in [6.45, 7) is 3.99. The molecule has 1 aromatic heterocycles. The fourth-order valence-corrected chi connectivity index (χ4v) is 2.32. The molecule has 0 aliphatic rings. The van der Waals surface area contributed by atoms with Crippen molar-refractivity contribution in [2.45, 2.75) is 19.9 Å². The van der Waals surface area contributed by atoms with Crippen LogP contribution in [0.5, 0.6) is 11.5 Å². The van der Waals surface area contributed by atoms with Gasteiger partial charge in [-0.2, -0.15) is 5.10 Å². The second kappa shape index (κ2) is 6.79. The average molecular weight is 365 g/mol. The first-order valence-electron chi connectivity index (χ1n) is 6.75. The van der Waals surface area contributed by atoms with Gasteiger partial charge in [0.25, 0.3) is 0 Å². The van der Waals surface area contributed by atoms with E-state index in [2.05, 4.69) is 21.0 Å². The van der Waals surface area contributed by atoms with Gasteiger partial charge in [0.15, 0.2) is 17.3 Å². The maximum absolute atomic E-state index is 12.1. The van der Waals surface area contributed by atoms with E-state index in [4.69, 9.17) is 4.74 Å². The molecule has 1 heterocycles. The van der Waals surface area contributed by atoms with Crippen molar-refractivity contribution < 1.29 is 14.6 Å². The molecule has 0 bridgehead atoms. The molecule has 2 rings (SSSR count). The lowest BCUT2D eigenvalue weighted by atomic mass is 10.1. The number of hydrogen-bond donors (Lipinski definition) is 1. The maximum atomic E-state index is 12.1. The van der Waals surface area contributed by atoms with Crippen LogP contribution in [0.3, 0.4) is 0 Å². The first kappa shape index (κ1) is 16.3. The first-order chi connectivity index (χ1) is 10.4. The Kier molecular flexibility index (Phi) is 5.03. The second-order valence-corrected chi connectivity index (χ2v) is 5.91. The molecule has 0 saturated heterocycles. The van der Waals surface area contributed by atoms with Gasteiger partial charge in [0.1, 0.15) is 0 Å². The summed E-state index contributed by atoms with van der Waals surface area (Å²) in [5.41, 5.74) is 1.28. The molecule has 0 spiro atoms. The van der Waals surface area contributed by atoms with Gasteiger partial charge < -0.3 is 9.84 Å². The number of ketones is 1. The van der Waals surface area contributed by atoms with Crippen LogP contribution in [0.1, 0.15) is 35.8 Å². The maximum Gasteiger partial charge on any atom is 0.189 e. The fourth-order valence-electron chi connectivity index (χ4n) is 1.86. The number of allylic oxidation sites excluding steroid dienone is 1. The Balaban J connectivity index is 2.20. The third-order valence-electron chi connectivity index (χ3n) is 3.11. The van der Waals surface area contributed by atoms with E-state index in [1.807, 2.05) is 13.8 Å². The summed E-state index contributed by atoms with van der Waals surface area (Å²) >= 11 is 3.25. The highest BCUT2D eigenvalue weighted by Gasteiger charge is 2.09. The number of benzene rings is 1. The van der Waals surface area contributed by atoms with Crippen molar-refractivity contribution in [1.29, 1.82) is 0 Å². The molecule has 0 radical (unpaired) electrons. The van der Waals surface area contributed by atoms with Crippen LogP contribution in [-0.4, -0.2) is 27.8 Å². The standard InChI is InChI=1S/C16H17BrN2O3/c1-10(2)19-9-12(8-18-19)14(20)5-4-11-6-13(17)16(21)15(7-11)22-3/h4-10,21H,1-3H3. The van der Waals surface area contributed by atoms with Crippen molar-refractivity contribution in [3.05, 3.63) is 46.2 Å². The number of hydrogen-bond acceptors (Lipinski definition) is 4. The molecule has 1 N–H and O–H groups in total. The van der Waals surface area contributed by atoms with Gasteiger partial charge in [-0.1, -0.05) is 6.08 Å². The predicted molar refractivity (Wildman–Crippen MR) is 88.3 cm³/mol. The lowest BCUT2D eigenvalue weighted by Gasteiger charge is -2.06. The Morgan fingerprint density at radius 1 is 1.45 bits per heavy atom. The molecule has 0 amide bonds. The molecule has 5 nitrogen and oxygen atoms in total. The highest BCUT2D eigenvalue weighted by atomic mass is 79.9. The molecular formula is C16H17BrN2O3. The van der Waals surface area contributed by atoms with Gasteiger partial charge in [-0.15, -0.1) is 0 Å². The number of ether oxygens (including phenoxy) is 1. The Bertz CT molecular complexity index is 720. The number of phenolic OH excluding ortho intramolecular Hbond substituents is 1. The molecule has 0 unspecified atom stereocenters. The number of rotatable bonds is 5. The summed E-state index contributed by atoms with van der Waals surface area (Å²) in [6.07, 6.45) is 6.42. The third kappa shape index (κ3) is 3.57. The quantitative estimate of drug-likeness (QED) is 0.646. The lowest BCUT2D eigenvalue weighted by Crippen LogP contribution is -2.00. The minimum atomic E-state index is -0.130. The number of carbonyl (C=O) groups excluding carboxylic acids is 1. The van der Waals surface area contributed by atoms with Crippen LogP contribution >= 0.6 is 15.9 Å². The molecule has 116 valence electrons. The molecule has 0 atom stereocenters. The van der Waals surface area contributed by atoms with Gasteiger partial charge in [-0.05, 0) is 53.5 Å². The van der Waals surface area contributed by atoms with Gasteiger partial charge in [-0.3, -0.25) is 9.48 Å². The van der Waals surface area contributed by atoms with Crippen molar-refractivity contribution in [2.24, 2.45) is 0 Å². The zero-order chi connectivity index (χ0) is 16.3. The van der Waals surface area contributed by atoms with E-state index in [0.29, 0.717) is 15.8 Å². The molecule has 2 aromatic rings. The lowest BCUT2D eigenvalue weighted by molar-refractivity contribution is 0.104. The van der Waals surface area contributed by atoms with Gasteiger partial charge in [-0.25, -0.2) is 0 Å². The SMILES string of the molecule is COc1cc(C=CC(=O)c2cnn(C(C)C)c2)cc(Br)c1O. The van der Waals surface area contributed by atoms with Crippen molar-refractivity contribution >= 4 is 27.8 Å². The minimum absolute atomic E-state index is 0.0317. The van der Waals surface area contributed by atoms with Crippen LogP contribution in [0.25, 0.3) is 6.08 Å². The summed E-state index contributed by atoms with van der Waals surface area (Å²) in [5.74, 6) is 0.244. The molecule has 0 saturated carbocycles. The monoisotopic (exact) mass is 364 g/mol. The van der Waals surface area contributed by atoms with Crippen LogP contribution in [0.15, 0.2) is 35.1 Å². The number of methoxy groups -OCH3 is 1. The molecule has 0 aliphatic heterocycles. The average Bonchev–Trinajstić information content (AvgIpc) is 2.98. The highest BCUT2D eigenvalue weighted by molar-refractivity contribution is 9.10. The predicted octanol–water partition coefficient (Wildman–Crippen LogP) is 3.84. The normalized spacial score (nSPS) is 11.3. The van der Waals surface area contributed by atoms with Gasteiger partial charge >= 0.3 is 0 Å². The Hall–Kier alpha value is -2.08. The van der Waals surface area contributed by atoms with Crippen LogP contribution < -0.4 is 4.74 Å². The number of aromatic nitrogens is 2. The van der Waals surface area contributed by atoms with Crippen molar-refractivity contribution in [3.8, 4) is 11.5 Å². The van der Waals surface area contributed by atoms with E-state index in [9.17, 15) is 9.90 Å². The summed E-state index contributed by atoms with van der Waals surface area (Å²) in [6, 6.07) is 3.57. The summed E-state index contributed by atoms with van der Waals surface area (Å²) in [5, 5.41) is 13.9. The molecule has 22 heavy (non-hydrogen) atoms. The van der Waals surface area contributed by atoms with E-state index >= 15 is 0 Å². The first-order valence-corrected chi connectivity index (χ1v) is 7.54. The fraction of sp³-hybridized carbons (Fsp3) is 0.250. The van der Waals surface area contributed by atoms with Gasteiger partial charge in [0.2, 0.25) is 0 Å². The summed E-state index contributed by atoms with van der Waals surface area (Å²) < 4.78 is 7.32. The zero-order valence-corrected chi connectivity index (χ0v) is 14.2. The summed E-state index contributed by atoms with van der Waals surface area (Å²) in [4.78, 5) is 12.1. The smallest absolute Gasteiger partial charge is 0.189 e. The molecule has 6 heteroatoms. The van der Waals surface area contributed by atoms with Crippen LogP contribution in [0, 0.1) is 0 Å².